The van der Waals surface area contributed by atoms with Gasteiger partial charge in [0, 0.05) is 30.0 Å². The second kappa shape index (κ2) is 10.6. The number of anilines is 1. The van der Waals surface area contributed by atoms with Gasteiger partial charge >= 0.3 is 0 Å². The molecule has 194 valence electrons. The quantitative estimate of drug-likeness (QED) is 0.238. The lowest BCUT2D eigenvalue weighted by Gasteiger charge is -2.29. The van der Waals surface area contributed by atoms with Crippen LogP contribution in [0.3, 0.4) is 0 Å². The van der Waals surface area contributed by atoms with Crippen LogP contribution >= 0.6 is 12.2 Å². The number of thiocarbonyl (C=S) groups is 1. The minimum atomic E-state index is -0.168. The molecule has 0 bridgehead atoms. The fourth-order valence-corrected chi connectivity index (χ4v) is 5.18. The van der Waals surface area contributed by atoms with Crippen LogP contribution in [0.15, 0.2) is 110 Å². The number of nitrogens with zero attached hydrogens (tertiary/aromatic N) is 4. The summed E-state index contributed by atoms with van der Waals surface area (Å²) in [5.74, 6) is 3.10. The van der Waals surface area contributed by atoms with Crippen LogP contribution < -0.4 is 19.7 Å². The van der Waals surface area contributed by atoms with Crippen molar-refractivity contribution in [3.05, 3.63) is 127 Å². The van der Waals surface area contributed by atoms with E-state index in [1.807, 2.05) is 104 Å². The number of ether oxygens (including phenoxy) is 2. The second-order valence-corrected chi connectivity index (χ2v) is 9.65. The molecule has 0 radical (unpaired) electrons. The zero-order chi connectivity index (χ0) is 26.8. The Morgan fingerprint density at radius 3 is 2.23 bits per heavy atom. The van der Waals surface area contributed by atoms with Gasteiger partial charge in [-0.3, -0.25) is 4.98 Å². The summed E-state index contributed by atoms with van der Waals surface area (Å²) in [6, 6.07) is 29.3. The summed E-state index contributed by atoms with van der Waals surface area (Å²) in [5, 5.41) is 4.16. The topological polar surface area (TPSA) is 64.4 Å². The summed E-state index contributed by atoms with van der Waals surface area (Å²) >= 11 is 5.91. The van der Waals surface area contributed by atoms with Crippen LogP contribution in [0.2, 0.25) is 0 Å². The van der Waals surface area contributed by atoms with Crippen molar-refractivity contribution in [1.29, 1.82) is 0 Å². The fraction of sp³-hybridized carbons (Fsp3) is 0.129. The number of aryl methyl sites for hydroxylation is 1. The molecule has 39 heavy (non-hydrogen) atoms. The van der Waals surface area contributed by atoms with E-state index in [4.69, 9.17) is 21.7 Å². The van der Waals surface area contributed by atoms with E-state index in [0.29, 0.717) is 5.11 Å². The minimum Gasteiger partial charge on any atom is -0.497 e. The smallest absolute Gasteiger partial charge is 0.174 e. The molecule has 3 aromatic heterocycles. The molecule has 1 aliphatic rings. The average molecular weight is 534 g/mol. The van der Waals surface area contributed by atoms with Gasteiger partial charge in [0.1, 0.15) is 29.1 Å². The van der Waals surface area contributed by atoms with Crippen molar-refractivity contribution in [1.82, 2.24) is 19.9 Å². The summed E-state index contributed by atoms with van der Waals surface area (Å²) in [4.78, 5) is 11.5. The van der Waals surface area contributed by atoms with Crippen molar-refractivity contribution >= 4 is 23.0 Å². The minimum absolute atomic E-state index is 0.159. The van der Waals surface area contributed by atoms with Crippen LogP contribution in [0.25, 0.3) is 5.82 Å². The third kappa shape index (κ3) is 4.94. The second-order valence-electron chi connectivity index (χ2n) is 9.26. The number of pyridine rings is 2. The normalized spacial score (nSPS) is 16.7. The number of rotatable bonds is 7. The maximum absolute atomic E-state index is 6.05. The molecule has 1 fully saturated rings. The lowest BCUT2D eigenvalue weighted by molar-refractivity contribution is 0.413. The van der Waals surface area contributed by atoms with Gasteiger partial charge in [0.15, 0.2) is 5.11 Å². The van der Waals surface area contributed by atoms with Crippen molar-refractivity contribution in [2.45, 2.75) is 19.0 Å². The van der Waals surface area contributed by atoms with E-state index in [1.54, 1.807) is 7.11 Å². The lowest BCUT2D eigenvalue weighted by Crippen LogP contribution is -2.30. The highest BCUT2D eigenvalue weighted by molar-refractivity contribution is 7.80. The summed E-state index contributed by atoms with van der Waals surface area (Å²) in [6.45, 7) is 2.04. The number of benzene rings is 2. The van der Waals surface area contributed by atoms with Gasteiger partial charge in [0.25, 0.3) is 0 Å². The Balaban J connectivity index is 1.36. The lowest BCUT2D eigenvalue weighted by atomic mass is 10.0. The van der Waals surface area contributed by atoms with Crippen molar-refractivity contribution in [2.75, 3.05) is 12.0 Å². The molecule has 2 aromatic carbocycles. The highest BCUT2D eigenvalue weighted by Crippen LogP contribution is 2.42. The van der Waals surface area contributed by atoms with Gasteiger partial charge in [-0.1, -0.05) is 12.1 Å². The molecule has 0 spiro atoms. The Kier molecular flexibility index (Phi) is 6.69. The Bertz CT molecular complexity index is 1570. The Morgan fingerprint density at radius 2 is 1.56 bits per heavy atom. The van der Waals surface area contributed by atoms with Gasteiger partial charge in [-0.25, -0.2) is 4.98 Å². The van der Waals surface area contributed by atoms with Crippen molar-refractivity contribution in [3.8, 4) is 23.1 Å². The van der Waals surface area contributed by atoms with Crippen LogP contribution in [0.5, 0.6) is 17.2 Å². The number of hydrogen-bond donors (Lipinski definition) is 1. The van der Waals surface area contributed by atoms with Crippen LogP contribution in [0.1, 0.15) is 29.0 Å². The van der Waals surface area contributed by atoms with Gasteiger partial charge in [-0.15, -0.1) is 0 Å². The number of aromatic nitrogens is 3. The van der Waals surface area contributed by atoms with Gasteiger partial charge in [-0.05, 0) is 104 Å². The first-order valence-electron chi connectivity index (χ1n) is 12.6. The molecule has 6 rings (SSSR count). The van der Waals surface area contributed by atoms with Crippen LogP contribution in [-0.2, 0) is 0 Å². The molecule has 5 aromatic rings. The highest BCUT2D eigenvalue weighted by atomic mass is 32.1. The molecule has 0 aliphatic carbocycles. The number of nitrogens with one attached hydrogen (secondary N) is 1. The largest absolute Gasteiger partial charge is 0.497 e. The van der Waals surface area contributed by atoms with E-state index in [9.17, 15) is 0 Å². The highest BCUT2D eigenvalue weighted by Gasteiger charge is 2.42. The molecule has 1 N–H and O–H groups in total. The Hall–Kier alpha value is -4.69. The van der Waals surface area contributed by atoms with Crippen molar-refractivity contribution in [3.63, 3.8) is 0 Å². The molecule has 8 heteroatoms. The first kappa shape index (κ1) is 24.6. The van der Waals surface area contributed by atoms with E-state index < -0.39 is 0 Å². The molecular formula is C31H27N5O2S. The monoisotopic (exact) mass is 533 g/mol. The Labute approximate surface area is 232 Å². The first-order chi connectivity index (χ1) is 19.1. The van der Waals surface area contributed by atoms with Crippen LogP contribution in [0, 0.1) is 6.92 Å². The van der Waals surface area contributed by atoms with Gasteiger partial charge in [0.2, 0.25) is 0 Å². The number of methoxy groups -OCH3 is 1. The third-order valence-corrected chi connectivity index (χ3v) is 7.05. The molecule has 0 amide bonds. The van der Waals surface area contributed by atoms with Crippen LogP contribution in [0.4, 0.5) is 5.69 Å². The predicted octanol–water partition coefficient (Wildman–Crippen LogP) is 6.55. The summed E-state index contributed by atoms with van der Waals surface area (Å²) in [7, 11) is 1.64. The fourth-order valence-electron chi connectivity index (χ4n) is 4.83. The first-order valence-corrected chi connectivity index (χ1v) is 13.0. The standard InChI is InChI=1S/C31H27N5O2S/c1-21-8-17-28(33-20-21)35-19-5-7-27(35)30-29(26-6-3-4-18-32-26)34-31(39)36(30)22-9-11-24(12-10-22)38-25-15-13-23(37-2)14-16-25/h3-20,29-30H,1-2H3,(H,34,39)/t29-,30+/m1/s1. The zero-order valence-electron chi connectivity index (χ0n) is 21.6. The molecule has 0 saturated carbocycles. The molecule has 4 heterocycles. The number of hydrogen-bond acceptors (Lipinski definition) is 5. The Morgan fingerprint density at radius 1 is 0.821 bits per heavy atom. The van der Waals surface area contributed by atoms with Gasteiger partial charge in [0.05, 0.1) is 18.8 Å². The van der Waals surface area contributed by atoms with E-state index in [-0.39, 0.29) is 12.1 Å². The van der Waals surface area contributed by atoms with E-state index in [0.717, 1.165) is 45.7 Å². The summed E-state index contributed by atoms with van der Waals surface area (Å²) in [6.07, 6.45) is 5.73. The maximum atomic E-state index is 6.05. The maximum Gasteiger partial charge on any atom is 0.174 e. The molecule has 0 unspecified atom stereocenters. The van der Waals surface area contributed by atoms with Crippen molar-refractivity contribution in [2.24, 2.45) is 0 Å². The SMILES string of the molecule is COc1ccc(Oc2ccc(N3C(=S)N[C@H](c4ccccn4)[C@@H]3c3cccn3-c3ccc(C)cn3)cc2)cc1. The summed E-state index contributed by atoms with van der Waals surface area (Å²) < 4.78 is 13.4. The van der Waals surface area contributed by atoms with Gasteiger partial charge < -0.3 is 24.3 Å². The van der Waals surface area contributed by atoms with E-state index >= 15 is 0 Å². The average Bonchev–Trinajstić information content (AvgIpc) is 3.59. The molecular weight excluding hydrogens is 506 g/mol. The molecule has 7 nitrogen and oxygen atoms in total. The zero-order valence-corrected chi connectivity index (χ0v) is 22.4. The van der Waals surface area contributed by atoms with Crippen LogP contribution in [-0.4, -0.2) is 26.8 Å². The van der Waals surface area contributed by atoms with E-state index in [1.165, 1.54) is 0 Å². The molecule has 1 aliphatic heterocycles. The third-order valence-electron chi connectivity index (χ3n) is 6.73. The molecule has 1 saturated heterocycles. The summed E-state index contributed by atoms with van der Waals surface area (Å²) in [5.41, 5.74) is 4.02. The van der Waals surface area contributed by atoms with E-state index in [2.05, 4.69) is 36.9 Å². The van der Waals surface area contributed by atoms with Crippen molar-refractivity contribution < 1.29 is 9.47 Å². The molecule has 2 atom stereocenters. The van der Waals surface area contributed by atoms with Gasteiger partial charge in [-0.2, -0.15) is 0 Å². The predicted molar refractivity (Wildman–Crippen MR) is 156 cm³/mol.